The minimum Gasteiger partial charge on any atom is -0.494 e. The molecule has 0 amide bonds. The van der Waals surface area contributed by atoms with E-state index in [1.807, 2.05) is 50.2 Å². The Hall–Kier alpha value is -1.87. The van der Waals surface area contributed by atoms with Gasteiger partial charge >= 0.3 is 0 Å². The molecule has 2 atom stereocenters. The lowest BCUT2D eigenvalue weighted by molar-refractivity contribution is 0.151. The van der Waals surface area contributed by atoms with E-state index in [1.165, 1.54) is 0 Å². The third kappa shape index (κ3) is 3.32. The molecule has 0 aliphatic heterocycles. The van der Waals surface area contributed by atoms with Gasteiger partial charge in [-0.2, -0.15) is 0 Å². The number of ether oxygens (including phenoxy) is 1. The Balaban J connectivity index is 2.12. The van der Waals surface area contributed by atoms with Crippen molar-refractivity contribution in [3.05, 3.63) is 59.9 Å². The van der Waals surface area contributed by atoms with Gasteiger partial charge in [0, 0.05) is 18.3 Å². The van der Waals surface area contributed by atoms with Crippen molar-refractivity contribution in [1.82, 2.24) is 4.98 Å². The summed E-state index contributed by atoms with van der Waals surface area (Å²) >= 11 is 0. The van der Waals surface area contributed by atoms with Crippen LogP contribution in [0.3, 0.4) is 0 Å². The molecule has 3 nitrogen and oxygen atoms in total. The van der Waals surface area contributed by atoms with Crippen molar-refractivity contribution in [1.29, 1.82) is 0 Å². The van der Waals surface area contributed by atoms with Crippen LogP contribution in [0.15, 0.2) is 48.8 Å². The lowest BCUT2D eigenvalue weighted by Crippen LogP contribution is -2.07. The van der Waals surface area contributed by atoms with Gasteiger partial charge < -0.3 is 9.84 Å². The van der Waals surface area contributed by atoms with Crippen LogP contribution in [-0.4, -0.2) is 16.7 Å². The third-order valence-corrected chi connectivity index (χ3v) is 3.24. The number of aliphatic hydroxyl groups excluding tert-OH is 1. The van der Waals surface area contributed by atoms with Gasteiger partial charge in [0.25, 0.3) is 0 Å². The van der Waals surface area contributed by atoms with E-state index in [1.54, 1.807) is 12.4 Å². The summed E-state index contributed by atoms with van der Waals surface area (Å²) in [4.78, 5) is 3.99. The summed E-state index contributed by atoms with van der Waals surface area (Å²) in [6.07, 6.45) is 2.96. The van der Waals surface area contributed by atoms with Gasteiger partial charge in [-0.15, -0.1) is 0 Å². The minimum atomic E-state index is -0.530. The van der Waals surface area contributed by atoms with Gasteiger partial charge in [-0.25, -0.2) is 0 Å². The van der Waals surface area contributed by atoms with Crippen LogP contribution < -0.4 is 4.74 Å². The molecule has 3 heteroatoms. The maximum atomic E-state index is 10.4. The van der Waals surface area contributed by atoms with Crippen LogP contribution in [0.25, 0.3) is 0 Å². The summed E-state index contributed by atoms with van der Waals surface area (Å²) in [5.74, 6) is 0.857. The monoisotopic (exact) mass is 257 g/mol. The summed E-state index contributed by atoms with van der Waals surface area (Å²) in [5, 5.41) is 10.4. The van der Waals surface area contributed by atoms with Gasteiger partial charge in [0.1, 0.15) is 5.75 Å². The van der Waals surface area contributed by atoms with E-state index in [0.717, 1.165) is 16.9 Å². The standard InChI is InChI=1S/C16H19NO2/c1-3-19-15-6-4-14(5-7-15)16(18)12(2)13-8-10-17-11-9-13/h4-12,16,18H,3H2,1-2H3. The number of aliphatic hydroxyl groups is 1. The smallest absolute Gasteiger partial charge is 0.119 e. The molecule has 0 aliphatic carbocycles. The zero-order valence-electron chi connectivity index (χ0n) is 11.3. The topological polar surface area (TPSA) is 42.4 Å². The van der Waals surface area contributed by atoms with E-state index >= 15 is 0 Å². The number of pyridine rings is 1. The van der Waals surface area contributed by atoms with Crippen LogP contribution in [0.4, 0.5) is 0 Å². The second-order valence-corrected chi connectivity index (χ2v) is 4.52. The van der Waals surface area contributed by atoms with Gasteiger partial charge in [0.15, 0.2) is 0 Å². The SMILES string of the molecule is CCOc1ccc(C(O)C(C)c2ccncc2)cc1. The number of benzene rings is 1. The molecule has 2 aromatic rings. The van der Waals surface area contributed by atoms with Gasteiger partial charge in [-0.05, 0) is 42.3 Å². The summed E-state index contributed by atoms with van der Waals surface area (Å²) in [5.41, 5.74) is 1.98. The number of hydrogen-bond donors (Lipinski definition) is 1. The summed E-state index contributed by atoms with van der Waals surface area (Å²) in [6, 6.07) is 11.5. The molecule has 0 saturated carbocycles. The number of hydrogen-bond acceptors (Lipinski definition) is 3. The van der Waals surface area contributed by atoms with E-state index < -0.39 is 6.10 Å². The first-order valence-corrected chi connectivity index (χ1v) is 6.53. The van der Waals surface area contributed by atoms with Crippen molar-refractivity contribution in [2.24, 2.45) is 0 Å². The summed E-state index contributed by atoms with van der Waals surface area (Å²) < 4.78 is 5.40. The summed E-state index contributed by atoms with van der Waals surface area (Å²) in [6.45, 7) is 4.61. The molecular weight excluding hydrogens is 238 g/mol. The molecule has 19 heavy (non-hydrogen) atoms. The Bertz CT molecular complexity index is 496. The fourth-order valence-electron chi connectivity index (χ4n) is 2.07. The van der Waals surface area contributed by atoms with Crippen molar-refractivity contribution >= 4 is 0 Å². The molecule has 1 aromatic carbocycles. The Kier molecular flexibility index (Phi) is 4.53. The van der Waals surface area contributed by atoms with Crippen LogP contribution >= 0.6 is 0 Å². The van der Waals surface area contributed by atoms with Gasteiger partial charge in [-0.1, -0.05) is 19.1 Å². The normalized spacial score (nSPS) is 13.8. The van der Waals surface area contributed by atoms with Gasteiger partial charge in [0.05, 0.1) is 12.7 Å². The van der Waals surface area contributed by atoms with Crippen molar-refractivity contribution in [2.75, 3.05) is 6.61 Å². The Morgan fingerprint density at radius 1 is 1.05 bits per heavy atom. The Morgan fingerprint density at radius 2 is 1.68 bits per heavy atom. The average Bonchev–Trinajstić information content (AvgIpc) is 2.48. The Labute approximate surface area is 113 Å². The second-order valence-electron chi connectivity index (χ2n) is 4.52. The molecule has 2 unspecified atom stereocenters. The van der Waals surface area contributed by atoms with Crippen molar-refractivity contribution in [2.45, 2.75) is 25.9 Å². The van der Waals surface area contributed by atoms with E-state index in [2.05, 4.69) is 4.98 Å². The predicted molar refractivity (Wildman–Crippen MR) is 75.2 cm³/mol. The number of aromatic nitrogens is 1. The first-order chi connectivity index (χ1) is 9.22. The molecular formula is C16H19NO2. The zero-order chi connectivity index (χ0) is 13.7. The molecule has 1 heterocycles. The fourth-order valence-corrected chi connectivity index (χ4v) is 2.07. The quantitative estimate of drug-likeness (QED) is 0.893. The first kappa shape index (κ1) is 13.6. The van der Waals surface area contributed by atoms with Gasteiger partial charge in [0.2, 0.25) is 0 Å². The van der Waals surface area contributed by atoms with Crippen LogP contribution in [0.1, 0.15) is 37.0 Å². The van der Waals surface area contributed by atoms with Crippen molar-refractivity contribution in [3.63, 3.8) is 0 Å². The highest BCUT2D eigenvalue weighted by Crippen LogP contribution is 2.30. The highest BCUT2D eigenvalue weighted by Gasteiger charge is 2.18. The van der Waals surface area contributed by atoms with Crippen molar-refractivity contribution < 1.29 is 9.84 Å². The lowest BCUT2D eigenvalue weighted by Gasteiger charge is -2.19. The lowest BCUT2D eigenvalue weighted by atomic mass is 9.91. The molecule has 0 spiro atoms. The molecule has 0 aliphatic rings. The van der Waals surface area contributed by atoms with Gasteiger partial charge in [-0.3, -0.25) is 4.98 Å². The number of rotatable bonds is 5. The maximum absolute atomic E-state index is 10.4. The largest absolute Gasteiger partial charge is 0.494 e. The molecule has 0 bridgehead atoms. The second kappa shape index (κ2) is 6.34. The summed E-state index contributed by atoms with van der Waals surface area (Å²) in [7, 11) is 0. The highest BCUT2D eigenvalue weighted by atomic mass is 16.5. The Morgan fingerprint density at radius 3 is 2.26 bits per heavy atom. The zero-order valence-corrected chi connectivity index (χ0v) is 11.3. The minimum absolute atomic E-state index is 0.0287. The fraction of sp³-hybridized carbons (Fsp3) is 0.312. The van der Waals surface area contributed by atoms with E-state index in [0.29, 0.717) is 6.61 Å². The van der Waals surface area contributed by atoms with Crippen LogP contribution in [0.2, 0.25) is 0 Å². The molecule has 0 saturated heterocycles. The van der Waals surface area contributed by atoms with Crippen LogP contribution in [-0.2, 0) is 0 Å². The highest BCUT2D eigenvalue weighted by molar-refractivity contribution is 5.30. The maximum Gasteiger partial charge on any atom is 0.119 e. The predicted octanol–water partition coefficient (Wildman–Crippen LogP) is 3.32. The molecule has 0 radical (unpaired) electrons. The number of nitrogens with zero attached hydrogens (tertiary/aromatic N) is 1. The van der Waals surface area contributed by atoms with Crippen LogP contribution in [0, 0.1) is 0 Å². The molecule has 1 aromatic heterocycles. The molecule has 2 rings (SSSR count). The first-order valence-electron chi connectivity index (χ1n) is 6.53. The van der Waals surface area contributed by atoms with E-state index in [9.17, 15) is 5.11 Å². The third-order valence-electron chi connectivity index (χ3n) is 3.24. The molecule has 100 valence electrons. The average molecular weight is 257 g/mol. The molecule has 0 fully saturated rings. The molecule has 1 N–H and O–H groups in total. The van der Waals surface area contributed by atoms with E-state index in [4.69, 9.17) is 4.74 Å². The van der Waals surface area contributed by atoms with E-state index in [-0.39, 0.29) is 5.92 Å². The van der Waals surface area contributed by atoms with Crippen LogP contribution in [0.5, 0.6) is 5.75 Å². The van der Waals surface area contributed by atoms with Crippen molar-refractivity contribution in [3.8, 4) is 5.75 Å².